The Labute approximate surface area is 153 Å². The molecular formula is C21H24N2OS. The molecule has 0 saturated carbocycles. The highest BCUT2D eigenvalue weighted by atomic mass is 32.1. The van der Waals surface area contributed by atoms with Crippen molar-refractivity contribution < 1.29 is 4.79 Å². The topological polar surface area (TPSA) is 25.2 Å². The van der Waals surface area contributed by atoms with Gasteiger partial charge in [0.1, 0.15) is 0 Å². The van der Waals surface area contributed by atoms with E-state index in [1.54, 1.807) is 11.3 Å². The monoisotopic (exact) mass is 352 g/mol. The second kappa shape index (κ2) is 7.28. The Morgan fingerprint density at radius 2 is 1.88 bits per heavy atom. The van der Waals surface area contributed by atoms with Gasteiger partial charge < -0.3 is 9.47 Å². The van der Waals surface area contributed by atoms with E-state index < -0.39 is 0 Å². The van der Waals surface area contributed by atoms with Crippen LogP contribution >= 0.6 is 11.3 Å². The number of nitrogens with zero attached hydrogens (tertiary/aromatic N) is 2. The molecule has 2 heterocycles. The largest absolute Gasteiger partial charge is 0.343 e. The molecule has 3 aromatic rings. The molecule has 0 aliphatic rings. The van der Waals surface area contributed by atoms with Crippen LogP contribution in [0.15, 0.2) is 53.9 Å². The van der Waals surface area contributed by atoms with E-state index in [1.807, 2.05) is 43.1 Å². The molecule has 0 N–H and O–H groups in total. The first-order valence-electron chi connectivity index (χ1n) is 8.50. The van der Waals surface area contributed by atoms with Crippen LogP contribution in [0, 0.1) is 13.8 Å². The predicted octanol–water partition coefficient (Wildman–Crippen LogP) is 5.05. The summed E-state index contributed by atoms with van der Waals surface area (Å²) < 4.78 is 2.22. The Kier molecular flexibility index (Phi) is 5.09. The first-order valence-corrected chi connectivity index (χ1v) is 9.38. The summed E-state index contributed by atoms with van der Waals surface area (Å²) in [6.45, 7) is 6.99. The summed E-state index contributed by atoms with van der Waals surface area (Å²) >= 11 is 1.75. The molecule has 1 aromatic carbocycles. The first-order chi connectivity index (χ1) is 12.0. The van der Waals surface area contributed by atoms with Gasteiger partial charge in [-0.25, -0.2) is 0 Å². The average Bonchev–Trinajstić information content (AvgIpc) is 3.24. The third-order valence-electron chi connectivity index (χ3n) is 4.88. The van der Waals surface area contributed by atoms with E-state index in [0.29, 0.717) is 0 Å². The van der Waals surface area contributed by atoms with Gasteiger partial charge in [0.2, 0.25) is 0 Å². The minimum Gasteiger partial charge on any atom is -0.343 e. The number of aromatic nitrogens is 1. The van der Waals surface area contributed by atoms with Crippen molar-refractivity contribution in [3.05, 3.63) is 81.3 Å². The zero-order valence-electron chi connectivity index (χ0n) is 15.2. The van der Waals surface area contributed by atoms with Gasteiger partial charge in [-0.2, -0.15) is 0 Å². The van der Waals surface area contributed by atoms with E-state index in [4.69, 9.17) is 0 Å². The Morgan fingerprint density at radius 1 is 1.16 bits per heavy atom. The molecule has 3 nitrogen and oxygen atoms in total. The number of aryl methyl sites for hydroxylation is 1. The van der Waals surface area contributed by atoms with Crippen LogP contribution in [-0.2, 0) is 6.54 Å². The summed E-state index contributed by atoms with van der Waals surface area (Å²) in [6.07, 6.45) is 0. The fraction of sp³-hybridized carbons (Fsp3) is 0.286. The molecule has 1 unspecified atom stereocenters. The fourth-order valence-corrected chi connectivity index (χ4v) is 3.83. The van der Waals surface area contributed by atoms with Gasteiger partial charge in [-0.15, -0.1) is 11.3 Å². The van der Waals surface area contributed by atoms with Crippen molar-refractivity contribution in [1.29, 1.82) is 0 Å². The lowest BCUT2D eigenvalue weighted by atomic mass is 10.1. The minimum atomic E-state index is 0.0362. The summed E-state index contributed by atoms with van der Waals surface area (Å²) in [7, 11) is 1.88. The van der Waals surface area contributed by atoms with Gasteiger partial charge >= 0.3 is 0 Å². The minimum absolute atomic E-state index is 0.0362. The summed E-state index contributed by atoms with van der Waals surface area (Å²) in [5, 5.41) is 2.09. The van der Waals surface area contributed by atoms with Gasteiger partial charge in [-0.1, -0.05) is 36.4 Å². The maximum Gasteiger partial charge on any atom is 0.255 e. The number of hydrogen-bond donors (Lipinski definition) is 0. The van der Waals surface area contributed by atoms with Crippen LogP contribution in [0.2, 0.25) is 0 Å². The molecule has 130 valence electrons. The number of carbonyl (C=O) groups is 1. The molecule has 0 fully saturated rings. The van der Waals surface area contributed by atoms with Crippen molar-refractivity contribution in [3.8, 4) is 0 Å². The summed E-state index contributed by atoms with van der Waals surface area (Å²) in [4.78, 5) is 16.2. The van der Waals surface area contributed by atoms with Gasteiger partial charge in [0.05, 0.1) is 18.2 Å². The molecule has 1 amide bonds. The zero-order chi connectivity index (χ0) is 18.0. The third kappa shape index (κ3) is 3.54. The maximum atomic E-state index is 13.1. The number of benzene rings is 1. The van der Waals surface area contributed by atoms with Crippen molar-refractivity contribution in [2.75, 3.05) is 7.05 Å². The summed E-state index contributed by atoms with van der Waals surface area (Å²) in [5.41, 5.74) is 4.09. The number of hydrogen-bond acceptors (Lipinski definition) is 2. The van der Waals surface area contributed by atoms with Gasteiger partial charge in [0.15, 0.2) is 0 Å². The highest BCUT2D eigenvalue weighted by Crippen LogP contribution is 2.24. The lowest BCUT2D eigenvalue weighted by molar-refractivity contribution is 0.0742. The number of thiophene rings is 1. The van der Waals surface area contributed by atoms with Crippen molar-refractivity contribution in [1.82, 2.24) is 9.47 Å². The predicted molar refractivity (Wildman–Crippen MR) is 104 cm³/mol. The smallest absolute Gasteiger partial charge is 0.255 e. The molecule has 3 rings (SSSR count). The van der Waals surface area contributed by atoms with Gasteiger partial charge in [-0.05, 0) is 43.8 Å². The van der Waals surface area contributed by atoms with Crippen molar-refractivity contribution in [3.63, 3.8) is 0 Å². The second-order valence-electron chi connectivity index (χ2n) is 6.45. The van der Waals surface area contributed by atoms with Crippen molar-refractivity contribution >= 4 is 17.2 Å². The normalized spacial score (nSPS) is 12.2. The molecule has 0 aliphatic carbocycles. The Bertz CT molecular complexity index is 850. The fourth-order valence-electron chi connectivity index (χ4n) is 3.14. The van der Waals surface area contributed by atoms with E-state index >= 15 is 0 Å². The van der Waals surface area contributed by atoms with Crippen LogP contribution in [0.25, 0.3) is 0 Å². The van der Waals surface area contributed by atoms with Gasteiger partial charge in [0.25, 0.3) is 5.91 Å². The number of amides is 1. The Balaban J connectivity index is 1.85. The highest BCUT2D eigenvalue weighted by molar-refractivity contribution is 7.09. The van der Waals surface area contributed by atoms with Gasteiger partial charge in [-0.3, -0.25) is 4.79 Å². The third-order valence-corrected chi connectivity index (χ3v) is 5.74. The van der Waals surface area contributed by atoms with Crippen LogP contribution in [-0.4, -0.2) is 22.4 Å². The van der Waals surface area contributed by atoms with Crippen molar-refractivity contribution in [2.24, 2.45) is 0 Å². The van der Waals surface area contributed by atoms with Crippen molar-refractivity contribution in [2.45, 2.75) is 33.4 Å². The molecular weight excluding hydrogens is 328 g/mol. The van der Waals surface area contributed by atoms with E-state index in [2.05, 4.69) is 48.1 Å². The van der Waals surface area contributed by atoms with E-state index in [9.17, 15) is 4.79 Å². The SMILES string of the molecule is Cc1cc(C(=O)N(C)C(C)c2ccccc2)c(C)n1Cc1cccs1. The van der Waals surface area contributed by atoms with Crippen LogP contribution in [0.4, 0.5) is 0 Å². The van der Waals surface area contributed by atoms with Crippen LogP contribution in [0.5, 0.6) is 0 Å². The average molecular weight is 353 g/mol. The molecule has 0 bridgehead atoms. The first kappa shape index (κ1) is 17.5. The molecule has 0 saturated heterocycles. The van der Waals surface area contributed by atoms with Crippen LogP contribution in [0.1, 0.15) is 45.2 Å². The molecule has 4 heteroatoms. The van der Waals surface area contributed by atoms with E-state index in [-0.39, 0.29) is 11.9 Å². The van der Waals surface area contributed by atoms with E-state index in [1.165, 1.54) is 4.88 Å². The van der Waals surface area contributed by atoms with Gasteiger partial charge in [0, 0.05) is 23.3 Å². The zero-order valence-corrected chi connectivity index (χ0v) is 16.0. The summed E-state index contributed by atoms with van der Waals surface area (Å²) in [5.74, 6) is 0.0712. The molecule has 1 atom stereocenters. The maximum absolute atomic E-state index is 13.1. The second-order valence-corrected chi connectivity index (χ2v) is 7.49. The molecule has 0 aliphatic heterocycles. The standard InChI is InChI=1S/C21H24N2OS/c1-15-13-20(17(3)23(15)14-19-11-8-12-25-19)21(24)22(4)16(2)18-9-6-5-7-10-18/h5-13,16H,14H2,1-4H3. The molecule has 2 aromatic heterocycles. The molecule has 0 radical (unpaired) electrons. The molecule has 25 heavy (non-hydrogen) atoms. The molecule has 0 spiro atoms. The van der Waals surface area contributed by atoms with E-state index in [0.717, 1.165) is 29.1 Å². The lowest BCUT2D eigenvalue weighted by Crippen LogP contribution is -2.30. The quantitative estimate of drug-likeness (QED) is 0.631. The summed E-state index contributed by atoms with van der Waals surface area (Å²) in [6, 6.07) is 16.4. The van der Waals surface area contributed by atoms with Crippen LogP contribution < -0.4 is 0 Å². The highest BCUT2D eigenvalue weighted by Gasteiger charge is 2.23. The number of carbonyl (C=O) groups excluding carboxylic acids is 1. The number of rotatable bonds is 5. The van der Waals surface area contributed by atoms with Crippen LogP contribution in [0.3, 0.4) is 0 Å². The Hall–Kier alpha value is -2.33. The Morgan fingerprint density at radius 3 is 2.52 bits per heavy atom. The lowest BCUT2D eigenvalue weighted by Gasteiger charge is -2.25.